The van der Waals surface area contributed by atoms with Crippen LogP contribution >= 0.6 is 0 Å². The topological polar surface area (TPSA) is 0 Å². The molecule has 0 atom stereocenters. The van der Waals surface area contributed by atoms with Crippen LogP contribution < -0.4 is 131 Å². The van der Waals surface area contributed by atoms with Crippen LogP contribution in [0.25, 0.3) is 0 Å². The molecule has 0 saturated heterocycles. The quantitative estimate of drug-likeness (QED) is 0.390. The van der Waals surface area contributed by atoms with Crippen LogP contribution in [0.4, 0.5) is 0 Å². The average Bonchev–Trinajstić information content (AvgIpc) is 0. The van der Waals surface area contributed by atoms with Crippen molar-refractivity contribution >= 4 is 0 Å². The molecule has 0 nitrogen and oxygen atoms in total. The molecule has 7 heteroatoms. The fraction of sp³-hybridized carbons (Fsp3) is 0. The van der Waals surface area contributed by atoms with Crippen LogP contribution in [-0.4, -0.2) is 0 Å². The molecule has 0 aliphatic heterocycles. The zero-order valence-corrected chi connectivity index (χ0v) is 14.6. The fourth-order valence-corrected chi connectivity index (χ4v) is 0. The van der Waals surface area contributed by atoms with Gasteiger partial charge in [-0.25, -0.2) is 0 Å². The van der Waals surface area contributed by atoms with Crippen molar-refractivity contribution in [3.8, 4) is 0 Å². The molecule has 0 amide bonds. The number of hydrogen-bond donors (Lipinski definition) is 0. The minimum Gasteiger partial charge on any atom is -1.00 e. The molecule has 0 aromatic carbocycles. The van der Waals surface area contributed by atoms with E-state index < -0.39 is 0 Å². The molecule has 0 unspecified atom stereocenters. The summed E-state index contributed by atoms with van der Waals surface area (Å²) in [5.41, 5.74) is 0. The normalized spacial score (nSPS) is 0. The van der Waals surface area contributed by atoms with Crippen LogP contribution in [-0.2, 0) is 26.2 Å². The van der Waals surface area contributed by atoms with Gasteiger partial charge in [0.1, 0.15) is 0 Å². The molecule has 0 aliphatic rings. The summed E-state index contributed by atoms with van der Waals surface area (Å²) >= 11 is 0. The van der Waals surface area contributed by atoms with Crippen LogP contribution in [0.3, 0.4) is 0 Å². The Hall–Kier alpha value is 4.68. The molecular formula is H2Cl4KNaZr. The third-order valence-electron chi connectivity index (χ3n) is 0. The molecule has 7 heavy (non-hydrogen) atoms. The van der Waals surface area contributed by atoms with Gasteiger partial charge in [-0.15, -0.1) is 0 Å². The predicted octanol–water partition coefficient (Wildman–Crippen LogP) is -17.8. The van der Waals surface area contributed by atoms with E-state index in [1.165, 1.54) is 0 Å². The zero-order chi connectivity index (χ0) is 0. The Bertz CT molecular complexity index is 18.5. The van der Waals surface area contributed by atoms with Crippen molar-refractivity contribution in [3.05, 3.63) is 0 Å². The van der Waals surface area contributed by atoms with Gasteiger partial charge in [0.05, 0.1) is 0 Å². The SMILES string of the molecule is [Cl-].[Cl-].[Cl-].[Cl-].[H-].[H-].[K+].[Na+].[Zr+4]. The monoisotopic (exact) mass is 294 g/mol. The first-order valence-corrected chi connectivity index (χ1v) is 0. The van der Waals surface area contributed by atoms with E-state index in [0.29, 0.717) is 0 Å². The summed E-state index contributed by atoms with van der Waals surface area (Å²) in [5.74, 6) is 0. The van der Waals surface area contributed by atoms with Gasteiger partial charge >= 0.3 is 107 Å². The Morgan fingerprint density at radius 3 is 0.714 bits per heavy atom. The maximum absolute atomic E-state index is 0. The van der Waals surface area contributed by atoms with Crippen molar-refractivity contribution in [2.75, 3.05) is 0 Å². The molecule has 0 bridgehead atoms. The number of halogens is 4. The predicted molar refractivity (Wildman–Crippen MR) is 2.22 cm³/mol. The summed E-state index contributed by atoms with van der Waals surface area (Å²) < 4.78 is 0. The Kier molecular flexibility index (Phi) is 397. The van der Waals surface area contributed by atoms with Gasteiger partial charge in [-0.2, -0.15) is 0 Å². The second-order valence-corrected chi connectivity index (χ2v) is 0. The molecular weight excluding hydrogens is 295 g/mol. The van der Waals surface area contributed by atoms with Crippen LogP contribution in [0.15, 0.2) is 0 Å². The van der Waals surface area contributed by atoms with E-state index in [4.69, 9.17) is 0 Å². The van der Waals surface area contributed by atoms with E-state index in [1.807, 2.05) is 0 Å². The molecule has 0 spiro atoms. The van der Waals surface area contributed by atoms with E-state index in [9.17, 15) is 0 Å². The van der Waals surface area contributed by atoms with Crippen molar-refractivity contribution in [2.24, 2.45) is 0 Å². The van der Waals surface area contributed by atoms with Crippen LogP contribution in [0, 0.1) is 0 Å². The van der Waals surface area contributed by atoms with Gasteiger partial charge in [-0.1, -0.05) is 0 Å². The van der Waals surface area contributed by atoms with Gasteiger partial charge in [-0.3, -0.25) is 0 Å². The zero-order valence-electron chi connectivity index (χ0n) is 6.01. The Labute approximate surface area is 156 Å². The fourth-order valence-electron chi connectivity index (χ4n) is 0. The van der Waals surface area contributed by atoms with Gasteiger partial charge in [0, 0.05) is 0 Å². The molecule has 0 radical (unpaired) electrons. The second kappa shape index (κ2) is 45.7. The third-order valence-corrected chi connectivity index (χ3v) is 0. The molecule has 0 aromatic rings. The first kappa shape index (κ1) is 60.8. The van der Waals surface area contributed by atoms with E-state index >= 15 is 0 Å². The van der Waals surface area contributed by atoms with Crippen LogP contribution in [0.1, 0.15) is 2.85 Å². The van der Waals surface area contributed by atoms with Gasteiger partial charge < -0.3 is 52.5 Å². The molecule has 0 aliphatic carbocycles. The summed E-state index contributed by atoms with van der Waals surface area (Å²) in [4.78, 5) is 0. The van der Waals surface area contributed by atoms with Crippen molar-refractivity contribution in [2.45, 2.75) is 0 Å². The molecule has 36 valence electrons. The van der Waals surface area contributed by atoms with Crippen molar-refractivity contribution in [3.63, 3.8) is 0 Å². The van der Waals surface area contributed by atoms with Crippen molar-refractivity contribution in [1.29, 1.82) is 0 Å². The standard InChI is InChI=1S/4ClH.K.Na.Zr.2H/h4*1H;;;;;/q;;;;2*+1;+4;2*-1/p-4. The van der Waals surface area contributed by atoms with Gasteiger partial charge in [-0.05, 0) is 0 Å². The Morgan fingerprint density at radius 2 is 0.714 bits per heavy atom. The summed E-state index contributed by atoms with van der Waals surface area (Å²) in [7, 11) is 0. The first-order valence-electron chi connectivity index (χ1n) is 0. The third kappa shape index (κ3) is 36.7. The summed E-state index contributed by atoms with van der Waals surface area (Å²) in [6, 6.07) is 0. The van der Waals surface area contributed by atoms with E-state index in [1.54, 1.807) is 0 Å². The van der Waals surface area contributed by atoms with Crippen molar-refractivity contribution < 1.29 is 160 Å². The Balaban J connectivity index is 0. The maximum Gasteiger partial charge on any atom is 4.00 e. The van der Waals surface area contributed by atoms with Crippen LogP contribution in [0.2, 0.25) is 0 Å². The smallest absolute Gasteiger partial charge is 1.00 e. The van der Waals surface area contributed by atoms with E-state index in [0.717, 1.165) is 0 Å². The van der Waals surface area contributed by atoms with E-state index in [-0.39, 0.29) is 160 Å². The minimum atomic E-state index is 0. The van der Waals surface area contributed by atoms with Gasteiger partial charge in [0.15, 0.2) is 0 Å². The number of rotatable bonds is 0. The minimum absolute atomic E-state index is 0. The summed E-state index contributed by atoms with van der Waals surface area (Å²) in [5, 5.41) is 0. The van der Waals surface area contributed by atoms with Gasteiger partial charge in [0.2, 0.25) is 0 Å². The molecule has 0 aromatic heterocycles. The first-order chi connectivity index (χ1) is 0. The van der Waals surface area contributed by atoms with Gasteiger partial charge in [0.25, 0.3) is 0 Å². The maximum atomic E-state index is 0. The summed E-state index contributed by atoms with van der Waals surface area (Å²) in [6.45, 7) is 0. The van der Waals surface area contributed by atoms with Crippen molar-refractivity contribution in [1.82, 2.24) is 0 Å². The molecule has 0 N–H and O–H groups in total. The van der Waals surface area contributed by atoms with E-state index in [2.05, 4.69) is 0 Å². The molecule has 0 saturated carbocycles. The largest absolute Gasteiger partial charge is 4.00 e. The summed E-state index contributed by atoms with van der Waals surface area (Å²) in [6.07, 6.45) is 0. The van der Waals surface area contributed by atoms with Crippen LogP contribution in [0.5, 0.6) is 0 Å². The molecule has 0 fully saturated rings. The average molecular weight is 297 g/mol. The Morgan fingerprint density at radius 1 is 0.714 bits per heavy atom. The number of hydrogen-bond acceptors (Lipinski definition) is 0. The molecule has 0 rings (SSSR count). The second-order valence-electron chi connectivity index (χ2n) is 0. The molecule has 0 heterocycles.